The van der Waals surface area contributed by atoms with Crippen LogP contribution in [0, 0.1) is 0 Å². The molecule has 0 aromatic heterocycles. The van der Waals surface area contributed by atoms with E-state index in [9.17, 15) is 18.3 Å². The van der Waals surface area contributed by atoms with Crippen molar-refractivity contribution in [2.24, 2.45) is 0 Å². The monoisotopic (exact) mass is 310 g/mol. The zero-order valence-electron chi connectivity index (χ0n) is 12.7. The summed E-state index contributed by atoms with van der Waals surface area (Å²) in [6.07, 6.45) is -2.89. The lowest BCUT2D eigenvalue weighted by Gasteiger charge is -2.44. The van der Waals surface area contributed by atoms with Crippen LogP contribution in [-0.2, 0) is 4.74 Å². The SMILES string of the molecule is C[C@H]1COCCN1C1CCN(C[C@@](C)(O)C(F)(F)F)CC1. The zero-order chi connectivity index (χ0) is 15.7. The number of alkyl halides is 3. The summed E-state index contributed by atoms with van der Waals surface area (Å²) in [5, 5.41) is 9.57. The van der Waals surface area contributed by atoms with Gasteiger partial charge in [-0.05, 0) is 39.8 Å². The molecule has 0 aliphatic carbocycles. The number of nitrogens with zero attached hydrogens (tertiary/aromatic N) is 2. The van der Waals surface area contributed by atoms with Crippen molar-refractivity contribution in [3.8, 4) is 0 Å². The normalized spacial score (nSPS) is 30.3. The number of hydrogen-bond donors (Lipinski definition) is 1. The van der Waals surface area contributed by atoms with Crippen molar-refractivity contribution in [2.75, 3.05) is 39.4 Å². The Morgan fingerprint density at radius 2 is 1.81 bits per heavy atom. The lowest BCUT2D eigenvalue weighted by atomic mass is 9.98. The highest BCUT2D eigenvalue weighted by Crippen LogP contribution is 2.31. The van der Waals surface area contributed by atoms with Crippen LogP contribution < -0.4 is 0 Å². The Labute approximate surface area is 123 Å². The van der Waals surface area contributed by atoms with Crippen LogP contribution in [0.1, 0.15) is 26.7 Å². The van der Waals surface area contributed by atoms with Crippen LogP contribution in [0.3, 0.4) is 0 Å². The summed E-state index contributed by atoms with van der Waals surface area (Å²) in [7, 11) is 0. The van der Waals surface area contributed by atoms with Crippen molar-refractivity contribution in [1.29, 1.82) is 0 Å². The molecule has 124 valence electrons. The van der Waals surface area contributed by atoms with Crippen LogP contribution in [0.2, 0.25) is 0 Å². The van der Waals surface area contributed by atoms with E-state index in [-0.39, 0.29) is 6.54 Å². The van der Waals surface area contributed by atoms with Crippen molar-refractivity contribution >= 4 is 0 Å². The molecule has 2 aliphatic rings. The van der Waals surface area contributed by atoms with Gasteiger partial charge < -0.3 is 14.7 Å². The van der Waals surface area contributed by atoms with Gasteiger partial charge in [0.15, 0.2) is 5.60 Å². The van der Waals surface area contributed by atoms with Crippen molar-refractivity contribution in [1.82, 2.24) is 9.80 Å². The molecule has 0 aromatic carbocycles. The molecular weight excluding hydrogens is 285 g/mol. The molecule has 0 spiro atoms. The summed E-state index contributed by atoms with van der Waals surface area (Å²) in [6.45, 7) is 6.18. The second kappa shape index (κ2) is 6.40. The molecule has 4 nitrogen and oxygen atoms in total. The third-order valence-electron chi connectivity index (χ3n) is 4.59. The Bertz CT molecular complexity index is 342. The summed E-state index contributed by atoms with van der Waals surface area (Å²) in [5.74, 6) is 0. The Morgan fingerprint density at radius 3 is 2.33 bits per heavy atom. The molecule has 2 aliphatic heterocycles. The van der Waals surface area contributed by atoms with E-state index in [1.54, 1.807) is 4.90 Å². The van der Waals surface area contributed by atoms with Gasteiger partial charge in [-0.2, -0.15) is 13.2 Å². The molecular formula is C14H25F3N2O2. The quantitative estimate of drug-likeness (QED) is 0.857. The van der Waals surface area contributed by atoms with Gasteiger partial charge in [0.2, 0.25) is 0 Å². The first kappa shape index (κ1) is 17.0. The van der Waals surface area contributed by atoms with Crippen LogP contribution in [0.15, 0.2) is 0 Å². The summed E-state index contributed by atoms with van der Waals surface area (Å²) in [5.41, 5.74) is -2.63. The van der Waals surface area contributed by atoms with Gasteiger partial charge in [0.1, 0.15) is 0 Å². The van der Waals surface area contributed by atoms with Crippen LogP contribution in [0.25, 0.3) is 0 Å². The molecule has 21 heavy (non-hydrogen) atoms. The maximum Gasteiger partial charge on any atom is 0.418 e. The molecule has 1 N–H and O–H groups in total. The minimum atomic E-state index is -4.58. The van der Waals surface area contributed by atoms with Gasteiger partial charge in [-0.15, -0.1) is 0 Å². The highest BCUT2D eigenvalue weighted by Gasteiger charge is 2.50. The third-order valence-corrected chi connectivity index (χ3v) is 4.59. The fourth-order valence-corrected chi connectivity index (χ4v) is 3.22. The Balaban J connectivity index is 1.83. The third kappa shape index (κ3) is 4.09. The molecule has 0 radical (unpaired) electrons. The van der Waals surface area contributed by atoms with Crippen LogP contribution in [0.4, 0.5) is 13.2 Å². The second-order valence-electron chi connectivity index (χ2n) is 6.44. The topological polar surface area (TPSA) is 35.9 Å². The largest absolute Gasteiger partial charge is 0.418 e. The van der Waals surface area contributed by atoms with Crippen molar-refractivity contribution in [3.63, 3.8) is 0 Å². The summed E-state index contributed by atoms with van der Waals surface area (Å²) >= 11 is 0. The van der Waals surface area contributed by atoms with E-state index in [0.29, 0.717) is 25.2 Å². The highest BCUT2D eigenvalue weighted by molar-refractivity contribution is 4.89. The van der Waals surface area contributed by atoms with Crippen LogP contribution in [0.5, 0.6) is 0 Å². The predicted molar refractivity (Wildman–Crippen MR) is 73.1 cm³/mol. The average molecular weight is 310 g/mol. The first-order valence-electron chi connectivity index (χ1n) is 7.55. The molecule has 2 heterocycles. The van der Waals surface area contributed by atoms with E-state index in [0.717, 1.165) is 39.5 Å². The first-order valence-corrected chi connectivity index (χ1v) is 7.55. The zero-order valence-corrected chi connectivity index (χ0v) is 12.7. The number of β-amino-alcohol motifs (C(OH)–C–C–N with tert-alkyl or cyclic N) is 1. The van der Waals surface area contributed by atoms with E-state index >= 15 is 0 Å². The molecule has 0 amide bonds. The van der Waals surface area contributed by atoms with Crippen molar-refractivity contribution in [2.45, 2.75) is 50.6 Å². The molecule has 2 atom stereocenters. The number of hydrogen-bond acceptors (Lipinski definition) is 4. The van der Waals surface area contributed by atoms with E-state index < -0.39 is 11.8 Å². The van der Waals surface area contributed by atoms with Gasteiger partial charge >= 0.3 is 6.18 Å². The van der Waals surface area contributed by atoms with Gasteiger partial charge in [0.05, 0.1) is 13.2 Å². The Kier molecular flexibility index (Phi) is 5.18. The minimum absolute atomic E-state index is 0.345. The minimum Gasteiger partial charge on any atom is -0.380 e. The molecule has 0 aromatic rings. The highest BCUT2D eigenvalue weighted by atomic mass is 19.4. The number of morpholine rings is 1. The summed E-state index contributed by atoms with van der Waals surface area (Å²) < 4.78 is 43.5. The van der Waals surface area contributed by atoms with Crippen LogP contribution in [-0.4, -0.2) is 78.2 Å². The lowest BCUT2D eigenvalue weighted by molar-refractivity contribution is -0.258. The number of likely N-dealkylation sites (tertiary alicyclic amines) is 1. The second-order valence-corrected chi connectivity index (χ2v) is 6.44. The summed E-state index contributed by atoms with van der Waals surface area (Å²) in [6, 6.07) is 0.782. The standard InChI is InChI=1S/C14H25F3N2O2/c1-11-9-21-8-7-19(11)12-3-5-18(6-4-12)10-13(2,20)14(15,16)17/h11-12,20H,3-10H2,1-2H3/t11-,13+/m0/s1. The fraction of sp³-hybridized carbons (Fsp3) is 1.00. The molecule has 0 bridgehead atoms. The molecule has 0 saturated carbocycles. The molecule has 0 unspecified atom stereocenters. The number of ether oxygens (including phenoxy) is 1. The van der Waals surface area contributed by atoms with Gasteiger partial charge in [0.25, 0.3) is 0 Å². The number of aliphatic hydroxyl groups is 1. The molecule has 2 fully saturated rings. The average Bonchev–Trinajstić information content (AvgIpc) is 2.39. The van der Waals surface area contributed by atoms with E-state index in [1.165, 1.54) is 0 Å². The van der Waals surface area contributed by atoms with E-state index in [2.05, 4.69) is 11.8 Å². The first-order chi connectivity index (χ1) is 9.71. The Hall–Kier alpha value is -0.370. The van der Waals surface area contributed by atoms with Crippen molar-refractivity contribution in [3.05, 3.63) is 0 Å². The Morgan fingerprint density at radius 1 is 1.19 bits per heavy atom. The van der Waals surface area contributed by atoms with E-state index in [4.69, 9.17) is 4.74 Å². The van der Waals surface area contributed by atoms with Gasteiger partial charge in [-0.25, -0.2) is 0 Å². The lowest BCUT2D eigenvalue weighted by Crippen LogP contribution is -2.56. The molecule has 2 saturated heterocycles. The van der Waals surface area contributed by atoms with Gasteiger partial charge in [-0.1, -0.05) is 0 Å². The summed E-state index contributed by atoms with van der Waals surface area (Å²) in [4.78, 5) is 4.12. The number of halogens is 3. The predicted octanol–water partition coefficient (Wildman–Crippen LogP) is 1.48. The van der Waals surface area contributed by atoms with Crippen molar-refractivity contribution < 1.29 is 23.0 Å². The molecule has 7 heteroatoms. The van der Waals surface area contributed by atoms with Gasteiger partial charge in [0, 0.05) is 25.2 Å². The number of piperidine rings is 1. The van der Waals surface area contributed by atoms with Crippen LogP contribution >= 0.6 is 0 Å². The molecule has 2 rings (SSSR count). The number of rotatable bonds is 3. The fourth-order valence-electron chi connectivity index (χ4n) is 3.22. The smallest absolute Gasteiger partial charge is 0.380 e. The maximum atomic E-state index is 12.7. The maximum absolute atomic E-state index is 12.7. The van der Waals surface area contributed by atoms with Gasteiger partial charge in [-0.3, -0.25) is 4.90 Å². The van der Waals surface area contributed by atoms with E-state index in [1.807, 2.05) is 0 Å².